The van der Waals surface area contributed by atoms with Crippen LogP contribution in [-0.4, -0.2) is 17.8 Å². The molecular weight excluding hydrogens is 219 g/mol. The predicted octanol–water partition coefficient (Wildman–Crippen LogP) is -2.50. The van der Waals surface area contributed by atoms with Gasteiger partial charge in [0, 0.05) is 0 Å². The van der Waals surface area contributed by atoms with Crippen molar-refractivity contribution in [1.29, 1.82) is 0 Å². The monoisotopic (exact) mass is 231 g/mol. The second kappa shape index (κ2) is 5.98. The van der Waals surface area contributed by atoms with Gasteiger partial charge in [0.25, 0.3) is 0 Å². The molecule has 0 aliphatic carbocycles. The van der Waals surface area contributed by atoms with Crippen molar-refractivity contribution in [1.82, 2.24) is 10.6 Å². The number of nitrogens with one attached hydrogen (secondary N) is 2. The van der Waals surface area contributed by atoms with Crippen molar-refractivity contribution in [3.8, 4) is 0 Å². The maximum atomic E-state index is 11.6. The molecule has 0 atom stereocenters. The zero-order valence-electron chi connectivity index (χ0n) is 9.21. The van der Waals surface area contributed by atoms with Gasteiger partial charge in [0.05, 0.1) is 0 Å². The molecule has 0 saturated carbocycles. The summed E-state index contributed by atoms with van der Waals surface area (Å²) < 4.78 is 0. The second-order valence-corrected chi connectivity index (χ2v) is 3.31. The van der Waals surface area contributed by atoms with Crippen molar-refractivity contribution in [2.24, 2.45) is 5.41 Å². The second-order valence-electron chi connectivity index (χ2n) is 3.31. The van der Waals surface area contributed by atoms with E-state index in [9.17, 15) is 14.4 Å². The van der Waals surface area contributed by atoms with E-state index in [1.165, 1.54) is 12.2 Å². The van der Waals surface area contributed by atoms with Crippen LogP contribution >= 0.6 is 0 Å². The van der Waals surface area contributed by atoms with Crippen molar-refractivity contribution >= 4 is 17.8 Å². The molecule has 5 nitrogen and oxygen atoms in total. The predicted molar refractivity (Wildman–Crippen MR) is 53.7 cm³/mol. The Morgan fingerprint density at radius 3 is 1.69 bits per heavy atom. The van der Waals surface area contributed by atoms with Gasteiger partial charge in [0.1, 0.15) is 5.41 Å². The maximum absolute atomic E-state index is 11.6. The zero-order valence-corrected chi connectivity index (χ0v) is 11.2. The molecule has 0 radical (unpaired) electrons. The van der Waals surface area contributed by atoms with E-state index in [1.807, 2.05) is 0 Å². The van der Waals surface area contributed by atoms with Crippen LogP contribution in [0.3, 0.4) is 0 Å². The molecule has 1 aliphatic heterocycles. The molecule has 16 heavy (non-hydrogen) atoms. The standard InChI is InChI=1S/C10H12N2O3.Na/c1-3-5-10(6-4-2)7(13)11-9(15)12-8(10)14;/h3-4H,1-2,5-6H2,(H2,11,12,13,14,15);/q;+1. The topological polar surface area (TPSA) is 75.3 Å². The molecule has 1 heterocycles. The van der Waals surface area contributed by atoms with Crippen LogP contribution in [0.5, 0.6) is 0 Å². The Morgan fingerprint density at radius 1 is 1.00 bits per heavy atom. The Bertz CT molecular complexity index is 320. The van der Waals surface area contributed by atoms with Gasteiger partial charge in [-0.2, -0.15) is 0 Å². The third kappa shape index (κ3) is 2.61. The first-order chi connectivity index (χ1) is 7.06. The molecule has 0 aromatic heterocycles. The summed E-state index contributed by atoms with van der Waals surface area (Å²) in [4.78, 5) is 34.1. The number of hydrogen-bond donors (Lipinski definition) is 2. The number of amides is 4. The van der Waals surface area contributed by atoms with Crippen LogP contribution in [0.4, 0.5) is 4.79 Å². The molecule has 6 heteroatoms. The first-order valence-electron chi connectivity index (χ1n) is 4.45. The van der Waals surface area contributed by atoms with E-state index in [-0.39, 0.29) is 42.4 Å². The number of hydrogen-bond acceptors (Lipinski definition) is 3. The number of carbonyl (C=O) groups is 3. The van der Waals surface area contributed by atoms with Gasteiger partial charge in [-0.05, 0) is 12.8 Å². The Hall–Kier alpha value is -0.910. The van der Waals surface area contributed by atoms with Gasteiger partial charge in [0.15, 0.2) is 0 Å². The number of urea groups is 1. The molecular formula is C10H12N2NaO3+. The van der Waals surface area contributed by atoms with Crippen LogP contribution in [0, 0.1) is 5.41 Å². The summed E-state index contributed by atoms with van der Waals surface area (Å²) >= 11 is 0. The minimum Gasteiger partial charge on any atom is -0.277 e. The van der Waals surface area contributed by atoms with Crippen molar-refractivity contribution in [2.45, 2.75) is 12.8 Å². The van der Waals surface area contributed by atoms with E-state index in [1.54, 1.807) is 0 Å². The van der Waals surface area contributed by atoms with Gasteiger partial charge >= 0.3 is 35.6 Å². The fraction of sp³-hybridized carbons (Fsp3) is 0.300. The van der Waals surface area contributed by atoms with E-state index in [2.05, 4.69) is 23.8 Å². The SMILES string of the molecule is C=CCC1(CC=C)C(=O)NC(=O)NC1=O.[Na+]. The van der Waals surface area contributed by atoms with Gasteiger partial charge in [-0.1, -0.05) is 12.2 Å². The van der Waals surface area contributed by atoms with Crippen molar-refractivity contribution < 1.29 is 43.9 Å². The van der Waals surface area contributed by atoms with E-state index in [0.29, 0.717) is 0 Å². The molecule has 1 fully saturated rings. The Balaban J connectivity index is 0.00000225. The van der Waals surface area contributed by atoms with Crippen LogP contribution in [0.15, 0.2) is 25.3 Å². The van der Waals surface area contributed by atoms with Crippen molar-refractivity contribution in [3.63, 3.8) is 0 Å². The molecule has 1 aliphatic rings. The summed E-state index contributed by atoms with van der Waals surface area (Å²) in [5.41, 5.74) is -1.28. The minimum absolute atomic E-state index is 0. The summed E-state index contributed by atoms with van der Waals surface area (Å²) in [7, 11) is 0. The molecule has 4 amide bonds. The fourth-order valence-corrected chi connectivity index (χ4v) is 1.53. The van der Waals surface area contributed by atoms with Gasteiger partial charge in [-0.15, -0.1) is 13.2 Å². The number of rotatable bonds is 4. The molecule has 2 N–H and O–H groups in total. The first kappa shape index (κ1) is 15.1. The van der Waals surface area contributed by atoms with E-state index in [4.69, 9.17) is 0 Å². The summed E-state index contributed by atoms with van der Waals surface area (Å²) in [6.45, 7) is 6.98. The molecule has 0 spiro atoms. The molecule has 0 aromatic carbocycles. The van der Waals surface area contributed by atoms with Gasteiger partial charge < -0.3 is 0 Å². The third-order valence-electron chi connectivity index (χ3n) is 2.31. The molecule has 1 saturated heterocycles. The normalized spacial score (nSPS) is 17.9. The van der Waals surface area contributed by atoms with Gasteiger partial charge in [0.2, 0.25) is 11.8 Å². The van der Waals surface area contributed by atoms with Crippen molar-refractivity contribution in [2.75, 3.05) is 0 Å². The van der Waals surface area contributed by atoms with Crippen LogP contribution in [0.25, 0.3) is 0 Å². The average molecular weight is 231 g/mol. The minimum atomic E-state index is -1.28. The molecule has 0 unspecified atom stereocenters. The van der Waals surface area contributed by atoms with Crippen molar-refractivity contribution in [3.05, 3.63) is 25.3 Å². The number of barbiturate groups is 1. The summed E-state index contributed by atoms with van der Waals surface area (Å²) in [5, 5.41) is 4.13. The number of imide groups is 2. The van der Waals surface area contributed by atoms with E-state index in [0.717, 1.165) is 0 Å². The summed E-state index contributed by atoms with van der Waals surface area (Å²) in [5.74, 6) is -1.20. The van der Waals surface area contributed by atoms with Crippen LogP contribution in [-0.2, 0) is 9.59 Å². The van der Waals surface area contributed by atoms with Crippen LogP contribution < -0.4 is 40.2 Å². The van der Waals surface area contributed by atoms with Crippen LogP contribution in [0.2, 0.25) is 0 Å². The summed E-state index contributed by atoms with van der Waals surface area (Å²) in [6.07, 6.45) is 3.28. The first-order valence-corrected chi connectivity index (χ1v) is 4.45. The number of allylic oxidation sites excluding steroid dienone is 2. The maximum Gasteiger partial charge on any atom is 1.00 e. The van der Waals surface area contributed by atoms with Gasteiger partial charge in [-0.25, -0.2) is 4.79 Å². The molecule has 1 rings (SSSR count). The molecule has 0 bridgehead atoms. The number of carbonyl (C=O) groups excluding carboxylic acids is 3. The Kier molecular flexibility index (Phi) is 5.64. The fourth-order valence-electron chi connectivity index (χ4n) is 1.53. The van der Waals surface area contributed by atoms with Crippen LogP contribution in [0.1, 0.15) is 12.8 Å². The molecule has 80 valence electrons. The van der Waals surface area contributed by atoms with E-state index < -0.39 is 23.3 Å². The molecule has 0 aromatic rings. The Labute approximate surface area is 116 Å². The third-order valence-corrected chi connectivity index (χ3v) is 2.31. The van der Waals surface area contributed by atoms with Gasteiger partial charge in [-0.3, -0.25) is 20.2 Å². The largest absolute Gasteiger partial charge is 1.00 e. The zero-order chi connectivity index (χ0) is 11.5. The average Bonchev–Trinajstić information content (AvgIpc) is 2.14. The smallest absolute Gasteiger partial charge is 0.277 e. The summed E-state index contributed by atoms with van der Waals surface area (Å²) in [6, 6.07) is -0.784. The quantitative estimate of drug-likeness (QED) is 0.319. The van der Waals surface area contributed by atoms with E-state index >= 15 is 0 Å². The Morgan fingerprint density at radius 2 is 1.38 bits per heavy atom.